The minimum Gasteiger partial charge on any atom is -0.469 e. The van der Waals surface area contributed by atoms with Crippen molar-refractivity contribution in [2.45, 2.75) is 6.42 Å². The van der Waals surface area contributed by atoms with Gasteiger partial charge in [0.1, 0.15) is 5.69 Å². The third kappa shape index (κ3) is 2.98. The van der Waals surface area contributed by atoms with Crippen LogP contribution in [-0.4, -0.2) is 19.3 Å². The fourth-order valence-electron chi connectivity index (χ4n) is 1.31. The molecule has 5 heteroatoms. The highest BCUT2D eigenvalue weighted by Gasteiger charge is 2.16. The predicted octanol–water partition coefficient (Wildman–Crippen LogP) is 2.07. The second-order valence-corrected chi connectivity index (χ2v) is 3.26. The molecule has 84 valence electrons. The monoisotopic (exact) mass is 220 g/mol. The van der Waals surface area contributed by atoms with E-state index in [1.54, 1.807) is 24.3 Å². The molecule has 0 aromatic heterocycles. The number of carbonyl (C=O) groups is 1. The number of nitrogens with zero attached hydrogens (tertiary/aromatic N) is 1. The van der Waals surface area contributed by atoms with Crippen LogP contribution < -0.4 is 0 Å². The van der Waals surface area contributed by atoms with E-state index in [1.807, 2.05) is 0 Å². The molecule has 1 aromatic rings. The van der Waals surface area contributed by atoms with Gasteiger partial charge < -0.3 is 10.1 Å². The summed E-state index contributed by atoms with van der Waals surface area (Å²) >= 11 is 0. The lowest BCUT2D eigenvalue weighted by atomic mass is 10.0. The molecule has 16 heavy (non-hydrogen) atoms. The number of methoxy groups -OCH3 is 1. The van der Waals surface area contributed by atoms with Crippen LogP contribution in [0.3, 0.4) is 0 Å². The number of carbonyl (C=O) groups excluding carboxylic acids is 1. The highest BCUT2D eigenvalue weighted by molar-refractivity contribution is 5.88. The smallest absolute Gasteiger partial charge is 0.314 e. The molecule has 1 unspecified atom stereocenters. The van der Waals surface area contributed by atoms with Crippen molar-refractivity contribution in [3.05, 3.63) is 34.7 Å². The summed E-state index contributed by atoms with van der Waals surface area (Å²) in [5.41, 5.74) is 1.19. The normalized spacial score (nSPS) is 11.6. The van der Waals surface area contributed by atoms with Crippen LogP contribution in [0.1, 0.15) is 5.56 Å². The Bertz CT molecular complexity index is 387. The number of hydrogen-bond acceptors (Lipinski definition) is 5. The standard InChI is InChI=1S/C11H12N2O3/c1-16-11(14)9(7-12)6-8-2-4-10(13-15)5-3-8/h2-5,7,9,12H,6H2,1H3. The molecule has 0 aliphatic carbocycles. The Kier molecular flexibility index (Phi) is 4.32. The Morgan fingerprint density at radius 1 is 1.50 bits per heavy atom. The van der Waals surface area contributed by atoms with E-state index in [4.69, 9.17) is 5.41 Å². The number of esters is 1. The number of nitroso groups, excluding NO2 is 1. The zero-order valence-electron chi connectivity index (χ0n) is 8.84. The molecular weight excluding hydrogens is 208 g/mol. The highest BCUT2D eigenvalue weighted by atomic mass is 16.5. The average molecular weight is 220 g/mol. The van der Waals surface area contributed by atoms with Crippen molar-refractivity contribution in [3.63, 3.8) is 0 Å². The maximum atomic E-state index is 11.2. The molecule has 0 aliphatic heterocycles. The molecule has 1 rings (SSSR count). The first-order valence-electron chi connectivity index (χ1n) is 4.72. The minimum absolute atomic E-state index is 0.341. The summed E-state index contributed by atoms with van der Waals surface area (Å²) in [5, 5.41) is 9.90. The van der Waals surface area contributed by atoms with Crippen molar-refractivity contribution in [3.8, 4) is 0 Å². The Morgan fingerprint density at radius 3 is 2.56 bits per heavy atom. The van der Waals surface area contributed by atoms with Gasteiger partial charge in [-0.25, -0.2) is 0 Å². The van der Waals surface area contributed by atoms with Gasteiger partial charge in [-0.05, 0) is 29.3 Å². The second kappa shape index (κ2) is 5.75. The molecule has 0 saturated heterocycles. The first kappa shape index (κ1) is 12.0. The average Bonchev–Trinajstić information content (AvgIpc) is 2.35. The van der Waals surface area contributed by atoms with Crippen molar-refractivity contribution >= 4 is 17.9 Å². The van der Waals surface area contributed by atoms with E-state index in [2.05, 4.69) is 9.91 Å². The number of nitrogens with one attached hydrogen (secondary N) is 1. The van der Waals surface area contributed by atoms with Gasteiger partial charge in [-0.3, -0.25) is 4.79 Å². The maximum Gasteiger partial charge on any atom is 0.314 e. The van der Waals surface area contributed by atoms with Crippen LogP contribution in [-0.2, 0) is 16.0 Å². The van der Waals surface area contributed by atoms with Crippen molar-refractivity contribution in [1.29, 1.82) is 5.41 Å². The van der Waals surface area contributed by atoms with Crippen LogP contribution in [0.5, 0.6) is 0 Å². The molecule has 1 N–H and O–H groups in total. The molecular formula is C11H12N2O3. The van der Waals surface area contributed by atoms with Crippen molar-refractivity contribution in [1.82, 2.24) is 0 Å². The summed E-state index contributed by atoms with van der Waals surface area (Å²) in [5.74, 6) is -1.02. The Labute approximate surface area is 92.9 Å². The van der Waals surface area contributed by atoms with Crippen LogP contribution in [0.15, 0.2) is 29.4 Å². The van der Waals surface area contributed by atoms with E-state index in [1.165, 1.54) is 7.11 Å². The van der Waals surface area contributed by atoms with Gasteiger partial charge in [0.05, 0.1) is 13.0 Å². The van der Waals surface area contributed by atoms with Gasteiger partial charge in [0.25, 0.3) is 0 Å². The molecule has 0 bridgehead atoms. The zero-order chi connectivity index (χ0) is 12.0. The van der Waals surface area contributed by atoms with Crippen LogP contribution in [0.2, 0.25) is 0 Å². The first-order chi connectivity index (χ1) is 7.71. The zero-order valence-corrected chi connectivity index (χ0v) is 8.84. The summed E-state index contributed by atoms with van der Waals surface area (Å²) in [7, 11) is 1.29. The summed E-state index contributed by atoms with van der Waals surface area (Å²) in [6.07, 6.45) is 1.44. The van der Waals surface area contributed by atoms with Crippen LogP contribution in [0, 0.1) is 16.2 Å². The van der Waals surface area contributed by atoms with Crippen molar-refractivity contribution in [2.24, 2.45) is 11.1 Å². The summed E-state index contributed by atoms with van der Waals surface area (Å²) in [6.45, 7) is 0. The molecule has 1 atom stereocenters. The molecule has 0 fully saturated rings. The van der Waals surface area contributed by atoms with Gasteiger partial charge in [0, 0.05) is 6.21 Å². The molecule has 5 nitrogen and oxygen atoms in total. The quantitative estimate of drug-likeness (QED) is 0.468. The molecule has 0 spiro atoms. The van der Waals surface area contributed by atoms with E-state index in [0.717, 1.165) is 11.8 Å². The van der Waals surface area contributed by atoms with Crippen LogP contribution >= 0.6 is 0 Å². The third-order valence-electron chi connectivity index (χ3n) is 2.20. The maximum absolute atomic E-state index is 11.2. The van der Waals surface area contributed by atoms with Gasteiger partial charge in [-0.2, -0.15) is 0 Å². The third-order valence-corrected chi connectivity index (χ3v) is 2.20. The Morgan fingerprint density at radius 2 is 2.12 bits per heavy atom. The summed E-state index contributed by atoms with van der Waals surface area (Å²) in [6, 6.07) is 6.55. The molecule has 0 radical (unpaired) electrons. The number of ether oxygens (including phenoxy) is 1. The topological polar surface area (TPSA) is 79.6 Å². The van der Waals surface area contributed by atoms with Crippen molar-refractivity contribution < 1.29 is 9.53 Å². The second-order valence-electron chi connectivity index (χ2n) is 3.26. The Balaban J connectivity index is 2.74. The fraction of sp³-hybridized carbons (Fsp3) is 0.273. The van der Waals surface area contributed by atoms with E-state index < -0.39 is 11.9 Å². The lowest BCUT2D eigenvalue weighted by Gasteiger charge is -2.08. The van der Waals surface area contributed by atoms with E-state index >= 15 is 0 Å². The van der Waals surface area contributed by atoms with E-state index in [-0.39, 0.29) is 0 Å². The van der Waals surface area contributed by atoms with Crippen LogP contribution in [0.4, 0.5) is 5.69 Å². The fourth-order valence-corrected chi connectivity index (χ4v) is 1.31. The molecule has 0 amide bonds. The predicted molar refractivity (Wildman–Crippen MR) is 59.9 cm³/mol. The van der Waals surface area contributed by atoms with Crippen LogP contribution in [0.25, 0.3) is 0 Å². The number of rotatable bonds is 5. The summed E-state index contributed by atoms with van der Waals surface area (Å²) < 4.78 is 4.56. The number of hydrogen-bond donors (Lipinski definition) is 1. The minimum atomic E-state index is -0.583. The van der Waals surface area contributed by atoms with Gasteiger partial charge in [0.15, 0.2) is 0 Å². The van der Waals surface area contributed by atoms with Gasteiger partial charge >= 0.3 is 5.97 Å². The Hall–Kier alpha value is -2.04. The molecule has 1 aromatic carbocycles. The largest absolute Gasteiger partial charge is 0.469 e. The summed E-state index contributed by atoms with van der Waals surface area (Å²) in [4.78, 5) is 21.4. The van der Waals surface area contributed by atoms with Gasteiger partial charge in [-0.1, -0.05) is 12.1 Å². The van der Waals surface area contributed by atoms with Gasteiger partial charge in [-0.15, -0.1) is 4.91 Å². The highest BCUT2D eigenvalue weighted by Crippen LogP contribution is 2.15. The van der Waals surface area contributed by atoms with E-state index in [9.17, 15) is 9.70 Å². The van der Waals surface area contributed by atoms with Gasteiger partial charge in [0.2, 0.25) is 0 Å². The lowest BCUT2D eigenvalue weighted by molar-refractivity contribution is -0.142. The number of benzene rings is 1. The lowest BCUT2D eigenvalue weighted by Crippen LogP contribution is -2.19. The van der Waals surface area contributed by atoms with E-state index in [0.29, 0.717) is 12.1 Å². The van der Waals surface area contributed by atoms with Crippen molar-refractivity contribution in [2.75, 3.05) is 7.11 Å². The molecule has 0 aliphatic rings. The SMILES string of the molecule is COC(=O)C(C=N)Cc1ccc(N=O)cc1. The first-order valence-corrected chi connectivity index (χ1v) is 4.72. The molecule has 0 heterocycles. The molecule has 0 saturated carbocycles.